The maximum absolute atomic E-state index is 13.7. The van der Waals surface area contributed by atoms with Crippen LogP contribution < -0.4 is 5.56 Å². The molecule has 1 N–H and O–H groups in total. The topological polar surface area (TPSA) is 45.8 Å². The first-order chi connectivity index (χ1) is 11.0. The van der Waals surface area contributed by atoms with Crippen molar-refractivity contribution in [1.82, 2.24) is 9.97 Å². The molecule has 0 fully saturated rings. The minimum Gasteiger partial charge on any atom is -0.305 e. The Kier molecular flexibility index (Phi) is 3.96. The average molecular weight is 333 g/mol. The van der Waals surface area contributed by atoms with Gasteiger partial charge in [0.25, 0.3) is 5.56 Å². The van der Waals surface area contributed by atoms with Crippen LogP contribution in [0.3, 0.4) is 0 Å². The Hall–Kier alpha value is -2.53. The SMILES string of the molecule is Cc1cccc2c(=O)[nH]c(/C(Cl)=C/c3cccc(F)c3F)nc12. The molecule has 0 atom stereocenters. The standard InChI is InChI=1S/C17H11ClF2N2O/c1-9-4-2-6-11-15(9)21-16(22-17(11)23)12(18)8-10-5-3-7-13(19)14(10)20/h2-8H,1H3,(H,21,22,23)/b12-8-. The van der Waals surface area contributed by atoms with E-state index in [9.17, 15) is 13.6 Å². The van der Waals surface area contributed by atoms with Crippen LogP contribution >= 0.6 is 11.6 Å². The molecule has 0 unspecified atom stereocenters. The molecule has 0 aliphatic rings. The fraction of sp³-hybridized carbons (Fsp3) is 0.0588. The monoisotopic (exact) mass is 332 g/mol. The van der Waals surface area contributed by atoms with Crippen molar-refractivity contribution in [3.63, 3.8) is 0 Å². The molecule has 3 nitrogen and oxygen atoms in total. The summed E-state index contributed by atoms with van der Waals surface area (Å²) in [7, 11) is 0. The van der Waals surface area contributed by atoms with Gasteiger partial charge >= 0.3 is 0 Å². The van der Waals surface area contributed by atoms with Crippen molar-refractivity contribution >= 4 is 33.6 Å². The number of benzene rings is 2. The van der Waals surface area contributed by atoms with Gasteiger partial charge in [-0.2, -0.15) is 0 Å². The van der Waals surface area contributed by atoms with Crippen molar-refractivity contribution in [2.24, 2.45) is 0 Å². The van der Waals surface area contributed by atoms with Crippen LogP contribution in [0.2, 0.25) is 0 Å². The summed E-state index contributed by atoms with van der Waals surface area (Å²) in [6, 6.07) is 9.00. The predicted molar refractivity (Wildman–Crippen MR) is 87.2 cm³/mol. The molecule has 0 saturated heterocycles. The average Bonchev–Trinajstić information content (AvgIpc) is 2.52. The number of aryl methyl sites for hydroxylation is 1. The van der Waals surface area contributed by atoms with E-state index in [4.69, 9.17) is 11.6 Å². The maximum Gasteiger partial charge on any atom is 0.259 e. The number of aromatic amines is 1. The van der Waals surface area contributed by atoms with Crippen molar-refractivity contribution in [1.29, 1.82) is 0 Å². The van der Waals surface area contributed by atoms with Gasteiger partial charge in [-0.3, -0.25) is 4.79 Å². The molecular formula is C17H11ClF2N2O. The molecule has 23 heavy (non-hydrogen) atoms. The number of hydrogen-bond donors (Lipinski definition) is 1. The molecule has 2 aromatic carbocycles. The molecule has 0 radical (unpaired) electrons. The van der Waals surface area contributed by atoms with E-state index >= 15 is 0 Å². The second kappa shape index (κ2) is 5.93. The van der Waals surface area contributed by atoms with Crippen LogP contribution in [0, 0.1) is 18.6 Å². The lowest BCUT2D eigenvalue weighted by Gasteiger charge is -2.05. The summed E-state index contributed by atoms with van der Waals surface area (Å²) in [6.45, 7) is 1.82. The molecule has 0 aliphatic carbocycles. The van der Waals surface area contributed by atoms with E-state index in [-0.39, 0.29) is 22.0 Å². The summed E-state index contributed by atoms with van der Waals surface area (Å²) in [4.78, 5) is 19.0. The second-order valence-corrected chi connectivity index (χ2v) is 5.43. The Labute approximate surface area is 135 Å². The van der Waals surface area contributed by atoms with Gasteiger partial charge in [-0.25, -0.2) is 13.8 Å². The van der Waals surface area contributed by atoms with Gasteiger partial charge in [-0.05, 0) is 30.7 Å². The smallest absolute Gasteiger partial charge is 0.259 e. The van der Waals surface area contributed by atoms with Crippen LogP contribution in [-0.4, -0.2) is 9.97 Å². The number of nitrogens with zero attached hydrogens (tertiary/aromatic N) is 1. The highest BCUT2D eigenvalue weighted by molar-refractivity contribution is 6.50. The number of halogens is 3. The predicted octanol–water partition coefficient (Wildman–Crippen LogP) is 4.25. The van der Waals surface area contributed by atoms with E-state index in [0.29, 0.717) is 10.9 Å². The molecule has 0 spiro atoms. The summed E-state index contributed by atoms with van der Waals surface area (Å²) in [5.41, 5.74) is 0.955. The Bertz CT molecular complexity index is 996. The highest BCUT2D eigenvalue weighted by Gasteiger charge is 2.11. The van der Waals surface area contributed by atoms with Crippen LogP contribution in [-0.2, 0) is 0 Å². The van der Waals surface area contributed by atoms with Crippen LogP contribution in [0.25, 0.3) is 22.0 Å². The molecule has 0 saturated carbocycles. The first-order valence-electron chi connectivity index (χ1n) is 6.78. The van der Waals surface area contributed by atoms with Gasteiger partial charge in [-0.15, -0.1) is 0 Å². The van der Waals surface area contributed by atoms with Gasteiger partial charge in [-0.1, -0.05) is 35.9 Å². The lowest BCUT2D eigenvalue weighted by molar-refractivity contribution is 0.507. The number of nitrogens with one attached hydrogen (secondary N) is 1. The molecule has 116 valence electrons. The third-order valence-corrected chi connectivity index (χ3v) is 3.72. The zero-order valence-electron chi connectivity index (χ0n) is 12.0. The molecule has 3 aromatic rings. The lowest BCUT2D eigenvalue weighted by Crippen LogP contribution is -2.11. The largest absolute Gasteiger partial charge is 0.305 e. The number of aromatic nitrogens is 2. The number of hydrogen-bond acceptors (Lipinski definition) is 2. The highest BCUT2D eigenvalue weighted by Crippen LogP contribution is 2.23. The number of H-pyrrole nitrogens is 1. The fourth-order valence-electron chi connectivity index (χ4n) is 2.26. The molecule has 0 bridgehead atoms. The van der Waals surface area contributed by atoms with E-state index in [1.54, 1.807) is 12.1 Å². The summed E-state index contributed by atoms with van der Waals surface area (Å²) in [6.07, 6.45) is 1.22. The summed E-state index contributed by atoms with van der Waals surface area (Å²) >= 11 is 6.13. The van der Waals surface area contributed by atoms with Gasteiger partial charge < -0.3 is 4.98 Å². The van der Waals surface area contributed by atoms with E-state index in [0.717, 1.165) is 11.6 Å². The Balaban J connectivity index is 2.16. The summed E-state index contributed by atoms with van der Waals surface area (Å²) < 4.78 is 26.9. The maximum atomic E-state index is 13.7. The van der Waals surface area contributed by atoms with Crippen molar-refractivity contribution in [3.05, 3.63) is 75.3 Å². The van der Waals surface area contributed by atoms with Crippen LogP contribution in [0.4, 0.5) is 8.78 Å². The number of para-hydroxylation sites is 1. The Morgan fingerprint density at radius 2 is 1.96 bits per heavy atom. The van der Waals surface area contributed by atoms with Gasteiger partial charge in [0.05, 0.1) is 15.9 Å². The van der Waals surface area contributed by atoms with E-state index in [2.05, 4.69) is 9.97 Å². The Morgan fingerprint density at radius 3 is 2.74 bits per heavy atom. The quantitative estimate of drug-likeness (QED) is 0.762. The molecular weight excluding hydrogens is 322 g/mol. The van der Waals surface area contributed by atoms with E-state index in [1.807, 2.05) is 13.0 Å². The molecule has 1 heterocycles. The van der Waals surface area contributed by atoms with Crippen molar-refractivity contribution in [3.8, 4) is 0 Å². The van der Waals surface area contributed by atoms with Gasteiger partial charge in [0.15, 0.2) is 17.5 Å². The van der Waals surface area contributed by atoms with Gasteiger partial charge in [0, 0.05) is 5.56 Å². The van der Waals surface area contributed by atoms with Crippen LogP contribution in [0.15, 0.2) is 41.2 Å². The minimum absolute atomic E-state index is 0.0109. The zero-order valence-corrected chi connectivity index (χ0v) is 12.8. The summed E-state index contributed by atoms with van der Waals surface area (Å²) in [5.74, 6) is -1.88. The van der Waals surface area contributed by atoms with Crippen LogP contribution in [0.1, 0.15) is 17.0 Å². The van der Waals surface area contributed by atoms with Gasteiger partial charge in [0.1, 0.15) is 0 Å². The van der Waals surface area contributed by atoms with Crippen molar-refractivity contribution in [2.75, 3.05) is 0 Å². The zero-order chi connectivity index (χ0) is 16.6. The minimum atomic E-state index is -1.01. The van der Waals surface area contributed by atoms with Gasteiger partial charge in [0.2, 0.25) is 0 Å². The first-order valence-corrected chi connectivity index (χ1v) is 7.16. The third kappa shape index (κ3) is 2.87. The molecule has 3 rings (SSSR count). The van der Waals surface area contributed by atoms with E-state index < -0.39 is 11.6 Å². The highest BCUT2D eigenvalue weighted by atomic mass is 35.5. The molecule has 0 amide bonds. The molecule has 1 aromatic heterocycles. The first kappa shape index (κ1) is 15.4. The normalized spacial score (nSPS) is 11.9. The van der Waals surface area contributed by atoms with Crippen LogP contribution in [0.5, 0.6) is 0 Å². The van der Waals surface area contributed by atoms with Crippen molar-refractivity contribution in [2.45, 2.75) is 6.92 Å². The third-order valence-electron chi connectivity index (χ3n) is 3.43. The second-order valence-electron chi connectivity index (χ2n) is 5.02. The molecule has 6 heteroatoms. The lowest BCUT2D eigenvalue weighted by atomic mass is 10.1. The van der Waals surface area contributed by atoms with E-state index in [1.165, 1.54) is 18.2 Å². The Morgan fingerprint density at radius 1 is 1.22 bits per heavy atom. The summed E-state index contributed by atoms with van der Waals surface area (Å²) in [5, 5.41) is 0.451. The van der Waals surface area contributed by atoms with Crippen molar-refractivity contribution < 1.29 is 8.78 Å². The fourth-order valence-corrected chi connectivity index (χ4v) is 2.46. The molecule has 0 aliphatic heterocycles. The number of rotatable bonds is 2. The number of fused-ring (bicyclic) bond motifs is 1.